The molecule has 0 radical (unpaired) electrons. The first-order chi connectivity index (χ1) is 13.4. The van der Waals surface area contributed by atoms with Gasteiger partial charge in [0.1, 0.15) is 11.9 Å². The molecule has 3 N–H and O–H groups in total. The minimum absolute atomic E-state index is 0.0524. The number of carbonyl (C=O) groups is 2. The van der Waals surface area contributed by atoms with Crippen molar-refractivity contribution in [1.82, 2.24) is 15.6 Å². The van der Waals surface area contributed by atoms with E-state index in [1.165, 1.54) is 25.3 Å². The van der Waals surface area contributed by atoms with Crippen molar-refractivity contribution in [2.24, 2.45) is 0 Å². The van der Waals surface area contributed by atoms with Crippen LogP contribution in [0.3, 0.4) is 0 Å². The monoisotopic (exact) mass is 385 g/mol. The number of rotatable bonds is 5. The summed E-state index contributed by atoms with van der Waals surface area (Å²) in [5.41, 5.74) is 1.67. The predicted octanol–water partition coefficient (Wildman–Crippen LogP) is 2.43. The summed E-state index contributed by atoms with van der Waals surface area (Å²) in [5, 5.41) is 15.1. The van der Waals surface area contributed by atoms with E-state index in [9.17, 15) is 19.1 Å². The van der Waals surface area contributed by atoms with Gasteiger partial charge in [-0.05, 0) is 56.9 Å². The average molecular weight is 385 g/mol. The second-order valence-electron chi connectivity index (χ2n) is 7.16. The minimum Gasteiger partial charge on any atom is -0.384 e. The summed E-state index contributed by atoms with van der Waals surface area (Å²) in [5.74, 6) is -0.962. The van der Waals surface area contributed by atoms with Crippen LogP contribution in [0.5, 0.6) is 0 Å². The zero-order valence-electron chi connectivity index (χ0n) is 15.7. The Bertz CT molecular complexity index is 839. The number of halogens is 1. The van der Waals surface area contributed by atoms with Gasteiger partial charge in [0.2, 0.25) is 5.91 Å². The van der Waals surface area contributed by atoms with E-state index >= 15 is 0 Å². The second-order valence-corrected chi connectivity index (χ2v) is 7.16. The van der Waals surface area contributed by atoms with Crippen molar-refractivity contribution in [2.75, 3.05) is 0 Å². The first-order valence-electron chi connectivity index (χ1n) is 9.43. The summed E-state index contributed by atoms with van der Waals surface area (Å²) in [6.07, 6.45) is 3.60. The number of nitrogens with zero attached hydrogens (tertiary/aromatic N) is 1. The van der Waals surface area contributed by atoms with Crippen LogP contribution in [0.1, 0.15) is 43.0 Å². The molecular weight excluding hydrogens is 361 g/mol. The molecule has 148 valence electrons. The van der Waals surface area contributed by atoms with Crippen molar-refractivity contribution in [3.8, 4) is 11.3 Å². The van der Waals surface area contributed by atoms with E-state index in [1.54, 1.807) is 24.3 Å². The Kier molecular flexibility index (Phi) is 6.36. The fourth-order valence-electron chi connectivity index (χ4n) is 3.39. The van der Waals surface area contributed by atoms with Gasteiger partial charge < -0.3 is 15.7 Å². The van der Waals surface area contributed by atoms with Crippen LogP contribution in [0.15, 0.2) is 42.6 Å². The van der Waals surface area contributed by atoms with Gasteiger partial charge in [-0.1, -0.05) is 12.1 Å². The van der Waals surface area contributed by atoms with Crippen molar-refractivity contribution < 1.29 is 19.1 Å². The molecule has 0 aliphatic heterocycles. The summed E-state index contributed by atoms with van der Waals surface area (Å²) in [7, 11) is 0. The largest absolute Gasteiger partial charge is 0.384 e. The summed E-state index contributed by atoms with van der Waals surface area (Å²) in [6.45, 7) is 1.43. The van der Waals surface area contributed by atoms with Crippen molar-refractivity contribution in [3.63, 3.8) is 0 Å². The Morgan fingerprint density at radius 3 is 2.57 bits per heavy atom. The second kappa shape index (κ2) is 8.93. The predicted molar refractivity (Wildman–Crippen MR) is 103 cm³/mol. The number of nitrogens with one attached hydrogen (secondary N) is 2. The molecule has 1 saturated carbocycles. The van der Waals surface area contributed by atoms with Gasteiger partial charge in [0.25, 0.3) is 5.91 Å². The number of hydrogen-bond donors (Lipinski definition) is 3. The Balaban J connectivity index is 1.59. The molecule has 2 unspecified atom stereocenters. The van der Waals surface area contributed by atoms with Gasteiger partial charge in [0.15, 0.2) is 0 Å². The fourth-order valence-corrected chi connectivity index (χ4v) is 3.39. The van der Waals surface area contributed by atoms with Gasteiger partial charge in [0.05, 0.1) is 11.3 Å². The highest BCUT2D eigenvalue weighted by Gasteiger charge is 2.25. The molecule has 1 aliphatic carbocycles. The number of amides is 2. The topological polar surface area (TPSA) is 91.3 Å². The first-order valence-corrected chi connectivity index (χ1v) is 9.43. The van der Waals surface area contributed by atoms with Crippen LogP contribution >= 0.6 is 0 Å². The van der Waals surface area contributed by atoms with Crippen LogP contribution in [0.25, 0.3) is 11.3 Å². The highest BCUT2D eigenvalue weighted by Crippen LogP contribution is 2.20. The van der Waals surface area contributed by atoms with Crippen LogP contribution in [-0.2, 0) is 4.79 Å². The summed E-state index contributed by atoms with van der Waals surface area (Å²) >= 11 is 0. The van der Waals surface area contributed by atoms with Crippen LogP contribution in [0.2, 0.25) is 0 Å². The SMILES string of the molecule is C[C@H](O)C(=O)NC1CCCC(NC(=O)c2ccc(-c3cccc(F)c3)nc2)C1. The van der Waals surface area contributed by atoms with Crippen molar-refractivity contribution >= 4 is 11.8 Å². The molecule has 2 aromatic rings. The maximum absolute atomic E-state index is 13.3. The molecule has 1 aromatic heterocycles. The zero-order chi connectivity index (χ0) is 20.1. The van der Waals surface area contributed by atoms with E-state index in [1.807, 2.05) is 0 Å². The van der Waals surface area contributed by atoms with Gasteiger partial charge >= 0.3 is 0 Å². The molecule has 7 heteroatoms. The third-order valence-corrected chi connectivity index (χ3v) is 4.88. The lowest BCUT2D eigenvalue weighted by molar-refractivity contribution is -0.129. The van der Waals surface area contributed by atoms with E-state index in [-0.39, 0.29) is 23.8 Å². The molecule has 1 aromatic carbocycles. The molecule has 3 rings (SSSR count). The molecule has 1 aliphatic rings. The summed E-state index contributed by atoms with van der Waals surface area (Å²) in [6, 6.07) is 9.38. The van der Waals surface area contributed by atoms with Crippen LogP contribution in [0.4, 0.5) is 4.39 Å². The lowest BCUT2D eigenvalue weighted by Crippen LogP contribution is -2.47. The molecule has 0 spiro atoms. The number of aliphatic hydroxyl groups is 1. The molecule has 2 amide bonds. The number of aromatic nitrogens is 1. The van der Waals surface area contributed by atoms with Crippen LogP contribution in [0, 0.1) is 5.82 Å². The maximum atomic E-state index is 13.3. The lowest BCUT2D eigenvalue weighted by Gasteiger charge is -2.30. The third-order valence-electron chi connectivity index (χ3n) is 4.88. The number of benzene rings is 1. The number of pyridine rings is 1. The quantitative estimate of drug-likeness (QED) is 0.737. The summed E-state index contributed by atoms with van der Waals surface area (Å²) < 4.78 is 13.3. The maximum Gasteiger partial charge on any atom is 0.253 e. The van der Waals surface area contributed by atoms with Crippen LogP contribution < -0.4 is 10.6 Å². The fraction of sp³-hybridized carbons (Fsp3) is 0.381. The van der Waals surface area contributed by atoms with Crippen molar-refractivity contribution in [3.05, 3.63) is 54.0 Å². The number of carbonyl (C=O) groups excluding carboxylic acids is 2. The molecule has 1 heterocycles. The smallest absolute Gasteiger partial charge is 0.253 e. The molecule has 0 bridgehead atoms. The molecule has 28 heavy (non-hydrogen) atoms. The molecule has 0 saturated heterocycles. The Hall–Kier alpha value is -2.80. The molecule has 1 fully saturated rings. The van der Waals surface area contributed by atoms with E-state index in [0.29, 0.717) is 23.2 Å². The highest BCUT2D eigenvalue weighted by atomic mass is 19.1. The lowest BCUT2D eigenvalue weighted by atomic mass is 9.90. The zero-order valence-corrected chi connectivity index (χ0v) is 15.7. The van der Waals surface area contributed by atoms with E-state index in [4.69, 9.17) is 0 Å². The molecule has 6 nitrogen and oxygen atoms in total. The van der Waals surface area contributed by atoms with E-state index < -0.39 is 12.0 Å². The normalized spacial score (nSPS) is 20.2. The van der Waals surface area contributed by atoms with E-state index in [2.05, 4.69) is 15.6 Å². The van der Waals surface area contributed by atoms with Gasteiger partial charge in [-0.25, -0.2) is 4.39 Å². The molecular formula is C21H24FN3O3. The Morgan fingerprint density at radius 2 is 1.93 bits per heavy atom. The minimum atomic E-state index is -1.04. The number of aliphatic hydroxyl groups excluding tert-OH is 1. The first kappa shape index (κ1) is 19.9. The van der Waals surface area contributed by atoms with Gasteiger partial charge in [-0.2, -0.15) is 0 Å². The molecule has 3 atom stereocenters. The van der Waals surface area contributed by atoms with E-state index in [0.717, 1.165) is 19.3 Å². The van der Waals surface area contributed by atoms with Gasteiger partial charge in [-0.15, -0.1) is 0 Å². The van der Waals surface area contributed by atoms with Gasteiger partial charge in [0, 0.05) is 23.8 Å². The number of hydrogen-bond acceptors (Lipinski definition) is 4. The third kappa shape index (κ3) is 5.13. The van der Waals surface area contributed by atoms with Crippen LogP contribution in [-0.4, -0.2) is 40.1 Å². The average Bonchev–Trinajstić information content (AvgIpc) is 2.68. The van der Waals surface area contributed by atoms with Gasteiger partial charge in [-0.3, -0.25) is 14.6 Å². The van der Waals surface area contributed by atoms with Crippen molar-refractivity contribution in [1.29, 1.82) is 0 Å². The summed E-state index contributed by atoms with van der Waals surface area (Å²) in [4.78, 5) is 28.4. The Morgan fingerprint density at radius 1 is 1.18 bits per heavy atom. The highest BCUT2D eigenvalue weighted by molar-refractivity contribution is 5.94. The van der Waals surface area contributed by atoms with Crippen molar-refractivity contribution in [2.45, 2.75) is 50.8 Å². The standard InChI is InChI=1S/C21H24FN3O3/c1-13(26)20(27)24-17-6-3-7-18(11-17)25-21(28)15-8-9-19(23-12-15)14-4-2-5-16(22)10-14/h2,4-5,8-10,12-13,17-18,26H,3,6-7,11H2,1H3,(H,24,27)(H,25,28)/t13-,17?,18?/m0/s1. The Labute approximate surface area is 163 Å².